The highest BCUT2D eigenvalue weighted by Crippen LogP contribution is 2.34. The molecule has 1 aromatic rings. The second-order valence-corrected chi connectivity index (χ2v) is 7.64. The monoisotopic (exact) mass is 316 g/mol. The van der Waals surface area contributed by atoms with Gasteiger partial charge in [0.15, 0.2) is 0 Å². The maximum Gasteiger partial charge on any atom is 0.240 e. The zero-order valence-corrected chi connectivity index (χ0v) is 13.3. The first-order chi connectivity index (χ1) is 9.35. The number of anilines is 1. The summed E-state index contributed by atoms with van der Waals surface area (Å²) < 4.78 is 27.6. The van der Waals surface area contributed by atoms with Gasteiger partial charge in [-0.25, -0.2) is 13.1 Å². The lowest BCUT2D eigenvalue weighted by Crippen LogP contribution is -2.37. The molecule has 0 aromatic heterocycles. The van der Waals surface area contributed by atoms with Crippen molar-refractivity contribution in [2.45, 2.75) is 44.0 Å². The third-order valence-corrected chi connectivity index (χ3v) is 6.15. The zero-order valence-electron chi connectivity index (χ0n) is 11.8. The van der Waals surface area contributed by atoms with Crippen LogP contribution in [0.15, 0.2) is 23.1 Å². The van der Waals surface area contributed by atoms with Crippen LogP contribution < -0.4 is 10.5 Å². The van der Waals surface area contributed by atoms with Crippen molar-refractivity contribution in [3.8, 4) is 0 Å². The minimum atomic E-state index is -3.54. The van der Waals surface area contributed by atoms with E-state index in [1.807, 2.05) is 0 Å². The van der Waals surface area contributed by atoms with Gasteiger partial charge in [-0.3, -0.25) is 0 Å². The first-order valence-corrected chi connectivity index (χ1v) is 8.78. The SMILES string of the molecule is CCC1CCC(NS(=O)(=O)c2ccc(N)c(Cl)c2)C1C. The first kappa shape index (κ1) is 15.6. The van der Waals surface area contributed by atoms with Gasteiger partial charge in [-0.05, 0) is 42.9 Å². The molecule has 0 amide bonds. The second-order valence-electron chi connectivity index (χ2n) is 5.52. The van der Waals surface area contributed by atoms with Gasteiger partial charge in [-0.15, -0.1) is 0 Å². The van der Waals surface area contributed by atoms with Crippen LogP contribution in [0.1, 0.15) is 33.1 Å². The lowest BCUT2D eigenvalue weighted by Gasteiger charge is -2.21. The Kier molecular flexibility index (Phi) is 4.62. The number of rotatable bonds is 4. The van der Waals surface area contributed by atoms with Gasteiger partial charge in [0.2, 0.25) is 10.0 Å². The second kappa shape index (κ2) is 5.92. The molecule has 112 valence electrons. The van der Waals surface area contributed by atoms with E-state index in [9.17, 15) is 8.42 Å². The van der Waals surface area contributed by atoms with Crippen LogP contribution in [0.2, 0.25) is 5.02 Å². The third kappa shape index (κ3) is 3.10. The van der Waals surface area contributed by atoms with E-state index in [2.05, 4.69) is 18.6 Å². The Labute approximate surface area is 125 Å². The van der Waals surface area contributed by atoms with E-state index in [0.717, 1.165) is 19.3 Å². The van der Waals surface area contributed by atoms with Crippen LogP contribution >= 0.6 is 11.6 Å². The normalized spacial score (nSPS) is 26.9. The summed E-state index contributed by atoms with van der Waals surface area (Å²) in [6.07, 6.45) is 3.06. The summed E-state index contributed by atoms with van der Waals surface area (Å²) >= 11 is 5.89. The zero-order chi connectivity index (χ0) is 14.9. The van der Waals surface area contributed by atoms with E-state index in [0.29, 0.717) is 17.5 Å². The third-order valence-electron chi connectivity index (χ3n) is 4.34. The number of nitrogen functional groups attached to an aromatic ring is 1. The quantitative estimate of drug-likeness (QED) is 0.839. The van der Waals surface area contributed by atoms with Crippen LogP contribution in [0.5, 0.6) is 0 Å². The predicted molar refractivity (Wildman–Crippen MR) is 82.2 cm³/mol. The van der Waals surface area contributed by atoms with Crippen molar-refractivity contribution in [3.05, 3.63) is 23.2 Å². The number of hydrogen-bond donors (Lipinski definition) is 2. The van der Waals surface area contributed by atoms with Gasteiger partial charge in [0, 0.05) is 6.04 Å². The number of sulfonamides is 1. The van der Waals surface area contributed by atoms with Gasteiger partial charge in [0.05, 0.1) is 15.6 Å². The van der Waals surface area contributed by atoms with Crippen LogP contribution in [0.4, 0.5) is 5.69 Å². The molecular formula is C14H21ClN2O2S. The minimum absolute atomic E-state index is 0.00118. The molecule has 3 atom stereocenters. The maximum absolute atomic E-state index is 12.4. The van der Waals surface area contributed by atoms with E-state index in [1.54, 1.807) is 0 Å². The number of nitrogens with one attached hydrogen (secondary N) is 1. The Morgan fingerprint density at radius 3 is 2.65 bits per heavy atom. The highest BCUT2D eigenvalue weighted by Gasteiger charge is 2.34. The Morgan fingerprint density at radius 1 is 1.40 bits per heavy atom. The molecule has 0 radical (unpaired) electrons. The van der Waals surface area contributed by atoms with Crippen molar-refractivity contribution >= 4 is 27.3 Å². The Hall–Kier alpha value is -0.780. The van der Waals surface area contributed by atoms with Gasteiger partial charge < -0.3 is 5.73 Å². The Balaban J connectivity index is 2.17. The summed E-state index contributed by atoms with van der Waals surface area (Å²) in [5.74, 6) is 0.955. The number of benzene rings is 1. The molecule has 0 saturated heterocycles. The molecule has 1 saturated carbocycles. The minimum Gasteiger partial charge on any atom is -0.398 e. The summed E-state index contributed by atoms with van der Waals surface area (Å²) in [5, 5.41) is 0.263. The molecule has 1 aromatic carbocycles. The van der Waals surface area contributed by atoms with Gasteiger partial charge in [0.1, 0.15) is 0 Å². The van der Waals surface area contributed by atoms with Gasteiger partial charge >= 0.3 is 0 Å². The molecule has 2 rings (SSSR count). The number of halogens is 1. The highest BCUT2D eigenvalue weighted by molar-refractivity contribution is 7.89. The van der Waals surface area contributed by atoms with Gasteiger partial charge in [-0.1, -0.05) is 31.9 Å². The molecule has 6 heteroatoms. The molecule has 20 heavy (non-hydrogen) atoms. The lowest BCUT2D eigenvalue weighted by molar-refractivity contribution is 0.368. The van der Waals surface area contributed by atoms with Crippen molar-refractivity contribution in [2.75, 3.05) is 5.73 Å². The molecule has 3 unspecified atom stereocenters. The van der Waals surface area contributed by atoms with E-state index in [-0.39, 0.29) is 16.0 Å². The molecule has 0 heterocycles. The molecule has 0 bridgehead atoms. The van der Waals surface area contributed by atoms with Crippen molar-refractivity contribution < 1.29 is 8.42 Å². The van der Waals surface area contributed by atoms with Crippen LogP contribution in [0, 0.1) is 11.8 Å². The van der Waals surface area contributed by atoms with Crippen LogP contribution in [0.3, 0.4) is 0 Å². The van der Waals surface area contributed by atoms with Crippen LogP contribution in [-0.4, -0.2) is 14.5 Å². The summed E-state index contributed by atoms with van der Waals surface area (Å²) in [6.45, 7) is 4.27. The summed E-state index contributed by atoms with van der Waals surface area (Å²) in [4.78, 5) is 0.170. The van der Waals surface area contributed by atoms with Crippen molar-refractivity contribution in [3.63, 3.8) is 0 Å². The summed E-state index contributed by atoms with van der Waals surface area (Å²) in [7, 11) is -3.54. The fourth-order valence-electron chi connectivity index (χ4n) is 2.93. The molecule has 4 nitrogen and oxygen atoms in total. The van der Waals surface area contributed by atoms with Gasteiger partial charge in [0.25, 0.3) is 0 Å². The van der Waals surface area contributed by atoms with Crippen LogP contribution in [-0.2, 0) is 10.0 Å². The van der Waals surface area contributed by atoms with Gasteiger partial charge in [-0.2, -0.15) is 0 Å². The molecule has 1 fully saturated rings. The largest absolute Gasteiger partial charge is 0.398 e. The fourth-order valence-corrected chi connectivity index (χ4v) is 4.57. The molecular weight excluding hydrogens is 296 g/mol. The highest BCUT2D eigenvalue weighted by atomic mass is 35.5. The summed E-state index contributed by atoms with van der Waals surface area (Å²) in [5.41, 5.74) is 5.99. The maximum atomic E-state index is 12.4. The standard InChI is InChI=1S/C14H21ClN2O2S/c1-3-10-4-7-14(9(10)2)17-20(18,19)11-5-6-13(16)12(15)8-11/h5-6,8-10,14,17H,3-4,7,16H2,1-2H3. The molecule has 0 spiro atoms. The fraction of sp³-hybridized carbons (Fsp3) is 0.571. The Morgan fingerprint density at radius 2 is 2.10 bits per heavy atom. The smallest absolute Gasteiger partial charge is 0.240 e. The Bertz CT molecular complexity index is 589. The van der Waals surface area contributed by atoms with Crippen molar-refractivity contribution in [1.82, 2.24) is 4.72 Å². The summed E-state index contributed by atoms with van der Waals surface area (Å²) in [6, 6.07) is 4.40. The van der Waals surface area contributed by atoms with E-state index in [1.165, 1.54) is 18.2 Å². The van der Waals surface area contributed by atoms with E-state index < -0.39 is 10.0 Å². The van der Waals surface area contributed by atoms with Crippen molar-refractivity contribution in [1.29, 1.82) is 0 Å². The van der Waals surface area contributed by atoms with Crippen LogP contribution in [0.25, 0.3) is 0 Å². The average Bonchev–Trinajstić information content (AvgIpc) is 2.73. The van der Waals surface area contributed by atoms with E-state index >= 15 is 0 Å². The molecule has 1 aliphatic carbocycles. The first-order valence-electron chi connectivity index (χ1n) is 6.92. The molecule has 1 aliphatic rings. The molecule has 3 N–H and O–H groups in total. The number of nitrogens with two attached hydrogens (primary N) is 1. The number of hydrogen-bond acceptors (Lipinski definition) is 3. The average molecular weight is 317 g/mol. The van der Waals surface area contributed by atoms with Crippen molar-refractivity contribution in [2.24, 2.45) is 11.8 Å². The predicted octanol–water partition coefficient (Wildman–Crippen LogP) is 3.03. The molecule has 0 aliphatic heterocycles. The topological polar surface area (TPSA) is 72.2 Å². The van der Waals surface area contributed by atoms with E-state index in [4.69, 9.17) is 17.3 Å². The lowest BCUT2D eigenvalue weighted by atomic mass is 9.94.